The van der Waals surface area contributed by atoms with Gasteiger partial charge in [-0.2, -0.15) is 0 Å². The van der Waals surface area contributed by atoms with Crippen LogP contribution in [0.5, 0.6) is 11.5 Å². The molecule has 0 aliphatic carbocycles. The van der Waals surface area contributed by atoms with Crippen LogP contribution in [-0.2, 0) is 16.6 Å². The molecule has 0 aliphatic heterocycles. The van der Waals surface area contributed by atoms with Gasteiger partial charge in [0.05, 0.1) is 25.7 Å². The lowest BCUT2D eigenvalue weighted by Gasteiger charge is -2.11. The molecule has 2 atom stereocenters. The second-order valence-corrected chi connectivity index (χ2v) is 5.62. The molecule has 0 aliphatic rings. The highest BCUT2D eigenvalue weighted by Gasteiger charge is 2.13. The van der Waals surface area contributed by atoms with Crippen LogP contribution in [0.15, 0.2) is 12.3 Å². The molecule has 1 heterocycles. The number of aromatic nitrogens is 1. The summed E-state index contributed by atoms with van der Waals surface area (Å²) in [5, 5.41) is 0. The first-order chi connectivity index (χ1) is 8.58. The molecule has 0 amide bonds. The number of hydrogen-bond donors (Lipinski definition) is 1. The van der Waals surface area contributed by atoms with Gasteiger partial charge in [-0.1, -0.05) is 0 Å². The van der Waals surface area contributed by atoms with E-state index in [0.29, 0.717) is 28.7 Å². The Balaban J connectivity index is 2.74. The van der Waals surface area contributed by atoms with Crippen molar-refractivity contribution in [2.45, 2.75) is 25.1 Å². The molecule has 5 nitrogen and oxygen atoms in total. The van der Waals surface area contributed by atoms with Crippen LogP contribution in [0.4, 0.5) is 0 Å². The molecule has 6 heteroatoms. The van der Waals surface area contributed by atoms with Crippen molar-refractivity contribution < 1.29 is 13.7 Å². The van der Waals surface area contributed by atoms with Crippen LogP contribution in [-0.4, -0.2) is 35.2 Å². The van der Waals surface area contributed by atoms with Crippen LogP contribution in [0.25, 0.3) is 0 Å². The number of ether oxygens (including phenoxy) is 2. The monoisotopic (exact) mass is 272 g/mol. The molecule has 2 N–H and O–H groups in total. The van der Waals surface area contributed by atoms with E-state index in [0.717, 1.165) is 6.42 Å². The van der Waals surface area contributed by atoms with Gasteiger partial charge in [0.2, 0.25) is 0 Å². The maximum atomic E-state index is 11.9. The molecule has 102 valence electrons. The van der Waals surface area contributed by atoms with Gasteiger partial charge in [0.25, 0.3) is 0 Å². The fourth-order valence-electron chi connectivity index (χ4n) is 1.50. The number of rotatable bonds is 7. The molecule has 0 spiro atoms. The van der Waals surface area contributed by atoms with Gasteiger partial charge in [-0.3, -0.25) is 9.19 Å². The third kappa shape index (κ3) is 4.27. The lowest BCUT2D eigenvalue weighted by atomic mass is 10.3. The van der Waals surface area contributed by atoms with E-state index in [4.69, 9.17) is 15.2 Å². The summed E-state index contributed by atoms with van der Waals surface area (Å²) in [6.07, 6.45) is 2.36. The van der Waals surface area contributed by atoms with Crippen LogP contribution in [0.2, 0.25) is 0 Å². The van der Waals surface area contributed by atoms with Crippen molar-refractivity contribution in [1.29, 1.82) is 0 Å². The van der Waals surface area contributed by atoms with E-state index in [1.54, 1.807) is 26.5 Å². The minimum atomic E-state index is -0.992. The van der Waals surface area contributed by atoms with Gasteiger partial charge in [0, 0.05) is 34.9 Å². The first-order valence-electron chi connectivity index (χ1n) is 5.75. The molecule has 0 aromatic carbocycles. The van der Waals surface area contributed by atoms with Crippen molar-refractivity contribution >= 4 is 10.8 Å². The summed E-state index contributed by atoms with van der Waals surface area (Å²) in [7, 11) is 2.12. The summed E-state index contributed by atoms with van der Waals surface area (Å²) in [6, 6.07) is 1.78. The largest absolute Gasteiger partial charge is 0.493 e. The molecule has 0 fully saturated rings. The number of nitrogens with two attached hydrogens (primary N) is 1. The SMILES string of the molecule is COc1ccnc(CS(=O)CCC(C)N)c1OC. The second kappa shape index (κ2) is 7.33. The smallest absolute Gasteiger partial charge is 0.183 e. The zero-order chi connectivity index (χ0) is 13.5. The second-order valence-electron chi connectivity index (χ2n) is 4.05. The summed E-state index contributed by atoms with van der Waals surface area (Å²) in [5.74, 6) is 2.08. The Morgan fingerprint density at radius 2 is 2.17 bits per heavy atom. The molecule has 0 bridgehead atoms. The van der Waals surface area contributed by atoms with Crippen molar-refractivity contribution in [1.82, 2.24) is 4.98 Å². The third-order valence-electron chi connectivity index (χ3n) is 2.46. The zero-order valence-electron chi connectivity index (χ0n) is 11.0. The molecule has 0 saturated carbocycles. The Morgan fingerprint density at radius 3 is 2.72 bits per heavy atom. The predicted molar refractivity (Wildman–Crippen MR) is 72.3 cm³/mol. The minimum Gasteiger partial charge on any atom is -0.493 e. The molecule has 18 heavy (non-hydrogen) atoms. The molecule has 1 rings (SSSR count). The van der Waals surface area contributed by atoms with E-state index in [-0.39, 0.29) is 6.04 Å². The quantitative estimate of drug-likeness (QED) is 0.804. The van der Waals surface area contributed by atoms with E-state index >= 15 is 0 Å². The van der Waals surface area contributed by atoms with Gasteiger partial charge in [0.1, 0.15) is 0 Å². The summed E-state index contributed by atoms with van der Waals surface area (Å²) in [4.78, 5) is 4.20. The summed E-state index contributed by atoms with van der Waals surface area (Å²) in [5.41, 5.74) is 6.29. The van der Waals surface area contributed by atoms with Gasteiger partial charge < -0.3 is 15.2 Å². The maximum Gasteiger partial charge on any atom is 0.183 e. The number of pyridine rings is 1. The van der Waals surface area contributed by atoms with Crippen LogP contribution in [0.1, 0.15) is 19.0 Å². The molecular weight excluding hydrogens is 252 g/mol. The zero-order valence-corrected chi connectivity index (χ0v) is 11.8. The molecule has 0 saturated heterocycles. The lowest BCUT2D eigenvalue weighted by molar-refractivity contribution is 0.350. The Morgan fingerprint density at radius 1 is 1.44 bits per heavy atom. The van der Waals surface area contributed by atoms with Gasteiger partial charge >= 0.3 is 0 Å². The van der Waals surface area contributed by atoms with Gasteiger partial charge in [-0.05, 0) is 13.3 Å². The Labute approximate surface area is 110 Å². The van der Waals surface area contributed by atoms with Gasteiger partial charge in [-0.25, -0.2) is 0 Å². The molecular formula is C12H20N2O3S. The van der Waals surface area contributed by atoms with Crippen molar-refractivity contribution in [3.63, 3.8) is 0 Å². The van der Waals surface area contributed by atoms with Crippen LogP contribution < -0.4 is 15.2 Å². The van der Waals surface area contributed by atoms with Crippen molar-refractivity contribution in [2.24, 2.45) is 5.73 Å². The highest BCUT2D eigenvalue weighted by molar-refractivity contribution is 7.84. The predicted octanol–water partition coefficient (Wildman–Crippen LogP) is 1.08. The first kappa shape index (κ1) is 14.9. The Kier molecular flexibility index (Phi) is 6.07. The Hall–Kier alpha value is -1.14. The van der Waals surface area contributed by atoms with Gasteiger partial charge in [-0.15, -0.1) is 0 Å². The summed E-state index contributed by atoms with van der Waals surface area (Å²) in [6.45, 7) is 1.90. The topological polar surface area (TPSA) is 74.4 Å². The number of hydrogen-bond acceptors (Lipinski definition) is 5. The fraction of sp³-hybridized carbons (Fsp3) is 0.583. The summed E-state index contributed by atoms with van der Waals surface area (Å²) >= 11 is 0. The van der Waals surface area contributed by atoms with Crippen molar-refractivity contribution in [3.05, 3.63) is 18.0 Å². The average Bonchev–Trinajstić information content (AvgIpc) is 2.36. The Bertz CT molecular complexity index is 410. The average molecular weight is 272 g/mol. The lowest BCUT2D eigenvalue weighted by Crippen LogP contribution is -2.18. The molecule has 0 radical (unpaired) electrons. The third-order valence-corrected chi connectivity index (χ3v) is 3.75. The fourth-order valence-corrected chi connectivity index (χ4v) is 2.79. The summed E-state index contributed by atoms with van der Waals surface area (Å²) < 4.78 is 22.3. The number of methoxy groups -OCH3 is 2. The number of nitrogens with zero attached hydrogens (tertiary/aromatic N) is 1. The molecule has 1 aromatic heterocycles. The van der Waals surface area contributed by atoms with Gasteiger partial charge in [0.15, 0.2) is 11.5 Å². The highest BCUT2D eigenvalue weighted by atomic mass is 32.2. The van der Waals surface area contributed by atoms with Crippen molar-refractivity contribution in [3.8, 4) is 11.5 Å². The van der Waals surface area contributed by atoms with Crippen LogP contribution in [0.3, 0.4) is 0 Å². The van der Waals surface area contributed by atoms with E-state index in [1.165, 1.54) is 0 Å². The standard InChI is InChI=1S/C12H20N2O3S/c1-9(13)5-7-18(15)8-10-12(17-3)11(16-2)4-6-14-10/h4,6,9H,5,7-8,13H2,1-3H3. The van der Waals surface area contributed by atoms with E-state index in [9.17, 15) is 4.21 Å². The van der Waals surface area contributed by atoms with Crippen LogP contribution >= 0.6 is 0 Å². The van der Waals surface area contributed by atoms with Crippen molar-refractivity contribution in [2.75, 3.05) is 20.0 Å². The molecule has 2 unspecified atom stereocenters. The van der Waals surface area contributed by atoms with E-state index in [1.807, 2.05) is 6.92 Å². The maximum absolute atomic E-state index is 11.9. The normalized spacial score (nSPS) is 14.0. The first-order valence-corrected chi connectivity index (χ1v) is 7.23. The van der Waals surface area contributed by atoms with Crippen LogP contribution in [0, 0.1) is 0 Å². The van der Waals surface area contributed by atoms with E-state index in [2.05, 4.69) is 4.98 Å². The minimum absolute atomic E-state index is 0.0640. The highest BCUT2D eigenvalue weighted by Crippen LogP contribution is 2.29. The van der Waals surface area contributed by atoms with E-state index < -0.39 is 10.8 Å². The molecule has 1 aromatic rings.